The molecule has 0 aliphatic heterocycles. The van der Waals surface area contributed by atoms with E-state index in [2.05, 4.69) is 15.0 Å². The SMILES string of the molecule is N#CSCn1cnc2c(=O)[nH]c(=O)[nH]c21. The molecule has 0 bridgehead atoms. The van der Waals surface area contributed by atoms with E-state index in [9.17, 15) is 9.59 Å². The van der Waals surface area contributed by atoms with Crippen molar-refractivity contribution >= 4 is 22.9 Å². The van der Waals surface area contributed by atoms with Crippen molar-refractivity contribution in [2.45, 2.75) is 5.88 Å². The summed E-state index contributed by atoms with van der Waals surface area (Å²) in [5.74, 6) is 0.312. The topological polar surface area (TPSA) is 107 Å². The summed E-state index contributed by atoms with van der Waals surface area (Å²) in [5, 5.41) is 10.3. The molecule has 0 aliphatic rings. The maximum Gasteiger partial charge on any atom is 0.327 e. The van der Waals surface area contributed by atoms with Crippen molar-refractivity contribution in [1.82, 2.24) is 19.5 Å². The molecule has 15 heavy (non-hydrogen) atoms. The van der Waals surface area contributed by atoms with Gasteiger partial charge in [-0.05, 0) is 11.8 Å². The van der Waals surface area contributed by atoms with Crippen LogP contribution in [0.5, 0.6) is 0 Å². The van der Waals surface area contributed by atoms with Gasteiger partial charge in [-0.3, -0.25) is 14.8 Å². The van der Waals surface area contributed by atoms with Crippen molar-refractivity contribution in [2.75, 3.05) is 0 Å². The van der Waals surface area contributed by atoms with Gasteiger partial charge >= 0.3 is 5.69 Å². The van der Waals surface area contributed by atoms with Crippen molar-refractivity contribution in [3.63, 3.8) is 0 Å². The van der Waals surface area contributed by atoms with Crippen molar-refractivity contribution in [1.29, 1.82) is 5.26 Å². The minimum atomic E-state index is -0.587. The van der Waals surface area contributed by atoms with Crippen molar-refractivity contribution in [3.8, 4) is 5.40 Å². The molecular weight excluding hydrogens is 218 g/mol. The maximum absolute atomic E-state index is 11.3. The van der Waals surface area contributed by atoms with Crippen LogP contribution in [0.1, 0.15) is 0 Å². The second-order valence-electron chi connectivity index (χ2n) is 2.68. The second kappa shape index (κ2) is 3.62. The van der Waals surface area contributed by atoms with E-state index in [1.54, 1.807) is 0 Å². The third-order valence-electron chi connectivity index (χ3n) is 1.78. The normalized spacial score (nSPS) is 10.3. The third-order valence-corrected chi connectivity index (χ3v) is 2.32. The molecule has 2 heterocycles. The molecule has 0 atom stereocenters. The van der Waals surface area contributed by atoms with Crippen molar-refractivity contribution in [2.24, 2.45) is 0 Å². The lowest BCUT2D eigenvalue weighted by Gasteiger charge is -1.97. The van der Waals surface area contributed by atoms with E-state index in [0.717, 1.165) is 11.8 Å². The molecule has 0 saturated heterocycles. The summed E-state index contributed by atoms with van der Waals surface area (Å²) in [7, 11) is 0. The lowest BCUT2D eigenvalue weighted by molar-refractivity contribution is 0.900. The van der Waals surface area contributed by atoms with Gasteiger partial charge in [-0.15, -0.1) is 0 Å². The van der Waals surface area contributed by atoms with Gasteiger partial charge < -0.3 is 4.57 Å². The van der Waals surface area contributed by atoms with E-state index < -0.39 is 11.2 Å². The predicted octanol–water partition coefficient (Wildman–Crippen LogP) is -0.415. The van der Waals surface area contributed by atoms with Crippen LogP contribution >= 0.6 is 11.8 Å². The average molecular weight is 223 g/mol. The number of thioether (sulfide) groups is 1. The second-order valence-corrected chi connectivity index (χ2v) is 3.41. The van der Waals surface area contributed by atoms with Crippen LogP contribution in [0.25, 0.3) is 11.2 Å². The molecule has 7 nitrogen and oxygen atoms in total. The summed E-state index contributed by atoms with van der Waals surface area (Å²) in [6, 6.07) is 0. The summed E-state index contributed by atoms with van der Waals surface area (Å²) >= 11 is 0.987. The van der Waals surface area contributed by atoms with Crippen LogP contribution in [0, 0.1) is 10.7 Å². The first-order valence-electron chi connectivity index (χ1n) is 3.90. The first-order valence-corrected chi connectivity index (χ1v) is 4.89. The first kappa shape index (κ1) is 9.54. The lowest BCUT2D eigenvalue weighted by atomic mass is 10.5. The number of nitrogens with zero attached hydrogens (tertiary/aromatic N) is 3. The van der Waals surface area contributed by atoms with E-state index in [1.807, 2.05) is 5.40 Å². The predicted molar refractivity (Wildman–Crippen MR) is 54.2 cm³/mol. The van der Waals surface area contributed by atoms with Gasteiger partial charge in [0.2, 0.25) is 0 Å². The maximum atomic E-state index is 11.3. The van der Waals surface area contributed by atoms with Crippen molar-refractivity contribution in [3.05, 3.63) is 27.2 Å². The van der Waals surface area contributed by atoms with Gasteiger partial charge in [-0.1, -0.05) is 0 Å². The number of nitrogens with one attached hydrogen (secondary N) is 2. The fourth-order valence-electron chi connectivity index (χ4n) is 1.18. The standard InChI is InChI=1S/C7H5N5O2S/c8-1-15-3-12-2-9-4-5(12)10-7(14)11-6(4)13/h2H,3H2,(H2,10,11,13,14). The van der Waals surface area contributed by atoms with Gasteiger partial charge in [0.15, 0.2) is 5.52 Å². The van der Waals surface area contributed by atoms with Crippen LogP contribution < -0.4 is 11.2 Å². The number of thiocyanates is 1. The Hall–Kier alpha value is -2.01. The Kier molecular flexibility index (Phi) is 2.31. The lowest BCUT2D eigenvalue weighted by Crippen LogP contribution is -2.22. The molecule has 0 amide bonds. The van der Waals surface area contributed by atoms with E-state index in [4.69, 9.17) is 5.26 Å². The number of fused-ring (bicyclic) bond motifs is 1. The summed E-state index contributed by atoms with van der Waals surface area (Å²) in [4.78, 5) is 30.6. The van der Waals surface area contributed by atoms with Crippen LogP contribution in [0.15, 0.2) is 15.9 Å². The summed E-state index contributed by atoms with van der Waals surface area (Å²) in [6.45, 7) is 0. The van der Waals surface area contributed by atoms with Gasteiger partial charge in [0.25, 0.3) is 5.56 Å². The Balaban J connectivity index is 2.65. The number of rotatable bonds is 2. The molecule has 2 rings (SSSR count). The fraction of sp³-hybridized carbons (Fsp3) is 0.143. The molecule has 0 saturated carbocycles. The van der Waals surface area contributed by atoms with Crippen molar-refractivity contribution < 1.29 is 0 Å². The summed E-state index contributed by atoms with van der Waals surface area (Å²) < 4.78 is 1.53. The number of hydrogen-bond acceptors (Lipinski definition) is 5. The molecule has 2 aromatic rings. The Morgan fingerprint density at radius 1 is 1.53 bits per heavy atom. The molecule has 8 heteroatoms. The fourth-order valence-corrected chi connectivity index (χ4v) is 1.57. The zero-order chi connectivity index (χ0) is 10.8. The van der Waals surface area contributed by atoms with Gasteiger partial charge in [0.1, 0.15) is 11.0 Å². The Morgan fingerprint density at radius 2 is 2.33 bits per heavy atom. The first-order chi connectivity index (χ1) is 7.22. The van der Waals surface area contributed by atoms with E-state index >= 15 is 0 Å². The highest BCUT2D eigenvalue weighted by Crippen LogP contribution is 2.08. The number of H-pyrrole nitrogens is 2. The summed E-state index contributed by atoms with van der Waals surface area (Å²) in [6.07, 6.45) is 1.40. The van der Waals surface area contributed by atoms with Crippen LogP contribution in [0.3, 0.4) is 0 Å². The molecule has 2 aromatic heterocycles. The highest BCUT2D eigenvalue weighted by atomic mass is 32.2. The molecule has 0 spiro atoms. The van der Waals surface area contributed by atoms with Crippen LogP contribution in [-0.4, -0.2) is 19.5 Å². The smallest absolute Gasteiger partial charge is 0.306 e. The molecule has 0 aliphatic carbocycles. The Labute approximate surface area is 86.8 Å². The Bertz CT molecular complexity index is 646. The molecule has 76 valence electrons. The third kappa shape index (κ3) is 1.64. The van der Waals surface area contributed by atoms with E-state index in [1.165, 1.54) is 10.9 Å². The number of hydrogen-bond donors (Lipinski definition) is 2. The highest BCUT2D eigenvalue weighted by Gasteiger charge is 2.07. The number of nitriles is 1. The van der Waals surface area contributed by atoms with Crippen LogP contribution in [0.2, 0.25) is 0 Å². The highest BCUT2D eigenvalue weighted by molar-refractivity contribution is 8.02. The number of aromatic nitrogens is 4. The average Bonchev–Trinajstić information content (AvgIpc) is 2.58. The van der Waals surface area contributed by atoms with Gasteiger partial charge in [-0.25, -0.2) is 9.78 Å². The molecule has 2 N–H and O–H groups in total. The summed E-state index contributed by atoms with van der Waals surface area (Å²) in [5.41, 5.74) is -0.634. The minimum Gasteiger partial charge on any atom is -0.306 e. The zero-order valence-electron chi connectivity index (χ0n) is 7.35. The van der Waals surface area contributed by atoms with Crippen LogP contribution in [-0.2, 0) is 5.88 Å². The molecule has 0 fully saturated rings. The molecule has 0 unspecified atom stereocenters. The quantitative estimate of drug-likeness (QED) is 0.672. The molecule has 0 radical (unpaired) electrons. The van der Waals surface area contributed by atoms with Crippen LogP contribution in [0.4, 0.5) is 0 Å². The van der Waals surface area contributed by atoms with Gasteiger partial charge in [0, 0.05) is 0 Å². The van der Waals surface area contributed by atoms with Gasteiger partial charge in [0.05, 0.1) is 12.2 Å². The molecular formula is C7H5N5O2S. The Morgan fingerprint density at radius 3 is 3.07 bits per heavy atom. The largest absolute Gasteiger partial charge is 0.327 e. The van der Waals surface area contributed by atoms with E-state index in [-0.39, 0.29) is 5.52 Å². The molecule has 0 aromatic carbocycles. The minimum absolute atomic E-state index is 0.160. The monoisotopic (exact) mass is 223 g/mol. The number of imidazole rings is 1. The zero-order valence-corrected chi connectivity index (χ0v) is 8.17. The van der Waals surface area contributed by atoms with E-state index in [0.29, 0.717) is 11.5 Å². The number of aromatic amines is 2. The van der Waals surface area contributed by atoms with Gasteiger partial charge in [-0.2, -0.15) is 5.26 Å².